The molecule has 0 aromatic rings. The van der Waals surface area contributed by atoms with Crippen molar-refractivity contribution in [3.63, 3.8) is 0 Å². The van der Waals surface area contributed by atoms with Gasteiger partial charge in [0.2, 0.25) is 0 Å². The molecule has 16 heavy (non-hydrogen) atoms. The first-order valence-corrected chi connectivity index (χ1v) is 5.29. The van der Waals surface area contributed by atoms with E-state index in [1.807, 2.05) is 0 Å². The highest BCUT2D eigenvalue weighted by molar-refractivity contribution is 5.72. The summed E-state index contributed by atoms with van der Waals surface area (Å²) >= 11 is 0. The number of ether oxygens (including phenoxy) is 1. The van der Waals surface area contributed by atoms with Crippen LogP contribution in [-0.2, 0) is 14.3 Å². The molecule has 1 atom stereocenters. The first-order chi connectivity index (χ1) is 7.54. The third-order valence-corrected chi connectivity index (χ3v) is 2.00. The highest BCUT2D eigenvalue weighted by Crippen LogP contribution is 1.91. The Kier molecular flexibility index (Phi) is 8.46. The van der Waals surface area contributed by atoms with Crippen molar-refractivity contribution in [2.45, 2.75) is 32.2 Å². The SMILES string of the molecule is C[C@H](NCCCCOCCC(=O)O)C(=O)O. The van der Waals surface area contributed by atoms with Crippen LogP contribution in [-0.4, -0.2) is 48.0 Å². The second-order valence-corrected chi connectivity index (χ2v) is 3.48. The molecule has 0 saturated heterocycles. The molecule has 0 heterocycles. The summed E-state index contributed by atoms with van der Waals surface area (Å²) in [5.41, 5.74) is 0. The van der Waals surface area contributed by atoms with Gasteiger partial charge in [-0.05, 0) is 26.3 Å². The molecule has 0 saturated carbocycles. The van der Waals surface area contributed by atoms with Gasteiger partial charge >= 0.3 is 11.9 Å². The maximum Gasteiger partial charge on any atom is 0.320 e. The van der Waals surface area contributed by atoms with Gasteiger partial charge in [0, 0.05) is 6.61 Å². The lowest BCUT2D eigenvalue weighted by molar-refractivity contribution is -0.139. The second kappa shape index (κ2) is 9.11. The summed E-state index contributed by atoms with van der Waals surface area (Å²) in [5, 5.41) is 19.7. The fraction of sp³-hybridized carbons (Fsp3) is 0.800. The molecule has 0 aliphatic carbocycles. The number of hydrogen-bond donors (Lipinski definition) is 3. The summed E-state index contributed by atoms with van der Waals surface area (Å²) in [4.78, 5) is 20.6. The summed E-state index contributed by atoms with van der Waals surface area (Å²) in [5.74, 6) is -1.73. The number of nitrogens with one attached hydrogen (secondary N) is 1. The Bertz CT molecular complexity index is 219. The number of carbonyl (C=O) groups is 2. The van der Waals surface area contributed by atoms with Gasteiger partial charge in [0.25, 0.3) is 0 Å². The molecular weight excluding hydrogens is 214 g/mol. The monoisotopic (exact) mass is 233 g/mol. The number of rotatable bonds is 10. The zero-order valence-corrected chi connectivity index (χ0v) is 9.44. The third kappa shape index (κ3) is 9.42. The fourth-order valence-electron chi connectivity index (χ4n) is 0.997. The maximum absolute atomic E-state index is 10.4. The van der Waals surface area contributed by atoms with E-state index < -0.39 is 18.0 Å². The van der Waals surface area contributed by atoms with Crippen molar-refractivity contribution in [1.82, 2.24) is 5.32 Å². The van der Waals surface area contributed by atoms with Crippen LogP contribution in [0.15, 0.2) is 0 Å². The predicted octanol–water partition coefficient (Wildman–Crippen LogP) is 0.321. The molecule has 0 radical (unpaired) electrons. The molecule has 3 N–H and O–H groups in total. The van der Waals surface area contributed by atoms with Crippen LogP contribution in [0.3, 0.4) is 0 Å². The highest BCUT2D eigenvalue weighted by Gasteiger charge is 2.07. The van der Waals surface area contributed by atoms with Crippen LogP contribution >= 0.6 is 0 Å². The van der Waals surface area contributed by atoms with Crippen LogP contribution in [0, 0.1) is 0 Å². The molecular formula is C10H19NO5. The third-order valence-electron chi connectivity index (χ3n) is 2.00. The van der Waals surface area contributed by atoms with E-state index in [-0.39, 0.29) is 13.0 Å². The van der Waals surface area contributed by atoms with Crippen molar-refractivity contribution in [2.24, 2.45) is 0 Å². The van der Waals surface area contributed by atoms with E-state index in [9.17, 15) is 9.59 Å². The lowest BCUT2D eigenvalue weighted by atomic mass is 10.3. The van der Waals surface area contributed by atoms with Crippen LogP contribution in [0.2, 0.25) is 0 Å². The van der Waals surface area contributed by atoms with Crippen molar-refractivity contribution in [3.05, 3.63) is 0 Å². The van der Waals surface area contributed by atoms with E-state index in [0.29, 0.717) is 13.2 Å². The zero-order chi connectivity index (χ0) is 12.4. The zero-order valence-electron chi connectivity index (χ0n) is 9.44. The molecule has 6 nitrogen and oxygen atoms in total. The Hall–Kier alpha value is -1.14. The number of carboxylic acids is 2. The highest BCUT2D eigenvalue weighted by atomic mass is 16.5. The van der Waals surface area contributed by atoms with Crippen molar-refractivity contribution in [2.75, 3.05) is 19.8 Å². The van der Waals surface area contributed by atoms with Gasteiger partial charge < -0.3 is 20.3 Å². The normalized spacial score (nSPS) is 12.3. The molecule has 6 heteroatoms. The minimum absolute atomic E-state index is 0.0221. The summed E-state index contributed by atoms with van der Waals surface area (Å²) < 4.78 is 5.07. The van der Waals surface area contributed by atoms with Crippen molar-refractivity contribution >= 4 is 11.9 Å². The average molecular weight is 233 g/mol. The smallest absolute Gasteiger partial charge is 0.320 e. The number of unbranched alkanes of at least 4 members (excludes halogenated alkanes) is 1. The van der Waals surface area contributed by atoms with Crippen molar-refractivity contribution in [1.29, 1.82) is 0 Å². The molecule has 0 bridgehead atoms. The van der Waals surface area contributed by atoms with Crippen LogP contribution in [0.1, 0.15) is 26.2 Å². The van der Waals surface area contributed by atoms with E-state index in [2.05, 4.69) is 5.32 Å². The molecule has 0 amide bonds. The molecule has 0 fully saturated rings. The Balaban J connectivity index is 3.15. The summed E-state index contributed by atoms with van der Waals surface area (Å²) in [6.07, 6.45) is 1.62. The number of carboxylic acid groups (broad SMARTS) is 2. The molecule has 94 valence electrons. The summed E-state index contributed by atoms with van der Waals surface area (Å²) in [7, 11) is 0. The van der Waals surface area contributed by atoms with Crippen molar-refractivity contribution < 1.29 is 24.5 Å². The molecule has 0 aliphatic heterocycles. The fourth-order valence-corrected chi connectivity index (χ4v) is 0.997. The Labute approximate surface area is 94.6 Å². The van der Waals surface area contributed by atoms with Gasteiger partial charge in [0.15, 0.2) is 0 Å². The number of hydrogen-bond acceptors (Lipinski definition) is 4. The molecule has 0 aromatic heterocycles. The first kappa shape index (κ1) is 14.9. The lowest BCUT2D eigenvalue weighted by Gasteiger charge is -2.08. The van der Waals surface area contributed by atoms with Crippen LogP contribution in [0.5, 0.6) is 0 Å². The Morgan fingerprint density at radius 1 is 1.25 bits per heavy atom. The van der Waals surface area contributed by atoms with Crippen LogP contribution < -0.4 is 5.32 Å². The van der Waals surface area contributed by atoms with Gasteiger partial charge in [-0.3, -0.25) is 9.59 Å². The largest absolute Gasteiger partial charge is 0.481 e. The molecule has 0 aliphatic rings. The van der Waals surface area contributed by atoms with Gasteiger partial charge in [0.05, 0.1) is 13.0 Å². The maximum atomic E-state index is 10.4. The van der Waals surface area contributed by atoms with E-state index in [0.717, 1.165) is 12.8 Å². The van der Waals surface area contributed by atoms with E-state index >= 15 is 0 Å². The van der Waals surface area contributed by atoms with E-state index in [4.69, 9.17) is 14.9 Å². The first-order valence-electron chi connectivity index (χ1n) is 5.29. The van der Waals surface area contributed by atoms with Crippen molar-refractivity contribution in [3.8, 4) is 0 Å². The minimum Gasteiger partial charge on any atom is -0.481 e. The topological polar surface area (TPSA) is 95.9 Å². The summed E-state index contributed by atoms with van der Waals surface area (Å²) in [6.45, 7) is 2.95. The number of aliphatic carboxylic acids is 2. The second-order valence-electron chi connectivity index (χ2n) is 3.48. The Morgan fingerprint density at radius 2 is 1.94 bits per heavy atom. The standard InChI is InChI=1S/C10H19NO5/c1-8(10(14)15)11-5-2-3-6-16-7-4-9(12)13/h8,11H,2-7H2,1H3,(H,12,13)(H,14,15)/t8-/m0/s1. The molecule has 0 rings (SSSR count). The lowest BCUT2D eigenvalue weighted by Crippen LogP contribution is -2.34. The summed E-state index contributed by atoms with van der Waals surface area (Å²) in [6, 6.07) is -0.534. The molecule has 0 spiro atoms. The van der Waals surface area contributed by atoms with Crippen LogP contribution in [0.25, 0.3) is 0 Å². The van der Waals surface area contributed by atoms with E-state index in [1.54, 1.807) is 6.92 Å². The quantitative estimate of drug-likeness (QED) is 0.470. The minimum atomic E-state index is -0.864. The van der Waals surface area contributed by atoms with Gasteiger partial charge in [-0.25, -0.2) is 0 Å². The van der Waals surface area contributed by atoms with Crippen LogP contribution in [0.4, 0.5) is 0 Å². The van der Waals surface area contributed by atoms with E-state index in [1.165, 1.54) is 0 Å². The van der Waals surface area contributed by atoms with Gasteiger partial charge in [-0.2, -0.15) is 0 Å². The molecule has 0 unspecified atom stereocenters. The van der Waals surface area contributed by atoms with Gasteiger partial charge in [0.1, 0.15) is 6.04 Å². The molecule has 0 aromatic carbocycles. The van der Waals surface area contributed by atoms with Gasteiger partial charge in [-0.15, -0.1) is 0 Å². The average Bonchev–Trinajstić information content (AvgIpc) is 2.21. The predicted molar refractivity (Wildman–Crippen MR) is 57.4 cm³/mol. The van der Waals surface area contributed by atoms with Gasteiger partial charge in [-0.1, -0.05) is 0 Å². The Morgan fingerprint density at radius 3 is 2.50 bits per heavy atom.